The molecule has 0 spiro atoms. The average Bonchev–Trinajstić information content (AvgIpc) is 2.61. The summed E-state index contributed by atoms with van der Waals surface area (Å²) < 4.78 is 5.99. The second kappa shape index (κ2) is 7.62. The lowest BCUT2D eigenvalue weighted by Gasteiger charge is -2.32. The zero-order chi connectivity index (χ0) is 16.1. The minimum atomic E-state index is 0.0506. The van der Waals surface area contributed by atoms with Crippen LogP contribution in [0.2, 0.25) is 5.02 Å². The molecule has 120 valence electrons. The third kappa shape index (κ3) is 4.34. The van der Waals surface area contributed by atoms with Crippen molar-refractivity contribution < 1.29 is 9.53 Å². The smallest absolute Gasteiger partial charge is 0.253 e. The van der Waals surface area contributed by atoms with Crippen molar-refractivity contribution in [3.63, 3.8) is 0 Å². The van der Waals surface area contributed by atoms with Crippen molar-refractivity contribution in [1.82, 2.24) is 4.90 Å². The lowest BCUT2D eigenvalue weighted by Crippen LogP contribution is -2.43. The number of nitrogens with zero attached hydrogens (tertiary/aromatic N) is 1. The summed E-state index contributed by atoms with van der Waals surface area (Å²) in [6, 6.07) is 17.2. The molecule has 1 fully saturated rings. The number of hydrogen-bond acceptors (Lipinski definition) is 2. The molecule has 23 heavy (non-hydrogen) atoms. The molecule has 2 aromatic rings. The van der Waals surface area contributed by atoms with E-state index in [1.54, 1.807) is 24.3 Å². The van der Waals surface area contributed by atoms with Crippen molar-refractivity contribution in [3.8, 4) is 0 Å². The third-order valence-electron chi connectivity index (χ3n) is 4.09. The number of ether oxygens (including phenoxy) is 1. The quantitative estimate of drug-likeness (QED) is 0.843. The van der Waals surface area contributed by atoms with E-state index in [1.807, 2.05) is 23.1 Å². The van der Waals surface area contributed by atoms with E-state index >= 15 is 0 Å². The summed E-state index contributed by atoms with van der Waals surface area (Å²) in [5.74, 6) is 0.0506. The Hall–Kier alpha value is -1.84. The second-order valence-electron chi connectivity index (χ2n) is 5.82. The zero-order valence-corrected chi connectivity index (χ0v) is 13.7. The summed E-state index contributed by atoms with van der Waals surface area (Å²) in [6.07, 6.45) is 2.07. The first kappa shape index (κ1) is 16.0. The molecule has 1 amide bonds. The summed E-state index contributed by atoms with van der Waals surface area (Å²) in [5, 5.41) is 0.643. The molecule has 3 nitrogen and oxygen atoms in total. The van der Waals surface area contributed by atoms with Crippen molar-refractivity contribution in [2.24, 2.45) is 0 Å². The van der Waals surface area contributed by atoms with Crippen LogP contribution in [0.5, 0.6) is 0 Å². The Bertz CT molecular complexity index is 642. The van der Waals surface area contributed by atoms with Crippen LogP contribution in [0.3, 0.4) is 0 Å². The van der Waals surface area contributed by atoms with Crippen LogP contribution in [-0.4, -0.2) is 30.0 Å². The van der Waals surface area contributed by atoms with Crippen molar-refractivity contribution in [2.75, 3.05) is 13.1 Å². The topological polar surface area (TPSA) is 29.5 Å². The molecule has 1 heterocycles. The van der Waals surface area contributed by atoms with Gasteiger partial charge in [0.15, 0.2) is 0 Å². The highest BCUT2D eigenvalue weighted by molar-refractivity contribution is 6.30. The van der Waals surface area contributed by atoms with Crippen molar-refractivity contribution >= 4 is 17.5 Å². The van der Waals surface area contributed by atoms with Gasteiger partial charge in [-0.05, 0) is 42.7 Å². The van der Waals surface area contributed by atoms with Gasteiger partial charge in [-0.3, -0.25) is 4.79 Å². The van der Waals surface area contributed by atoms with Gasteiger partial charge >= 0.3 is 0 Å². The highest BCUT2D eigenvalue weighted by Crippen LogP contribution is 2.18. The minimum Gasteiger partial charge on any atom is -0.372 e. The summed E-state index contributed by atoms with van der Waals surface area (Å²) in [7, 11) is 0. The van der Waals surface area contributed by atoms with Crippen LogP contribution in [0.4, 0.5) is 0 Å². The van der Waals surface area contributed by atoms with Crippen molar-refractivity contribution in [1.29, 1.82) is 0 Å². The molecule has 0 saturated carbocycles. The van der Waals surface area contributed by atoms with E-state index in [-0.39, 0.29) is 12.0 Å². The van der Waals surface area contributed by atoms with Gasteiger partial charge in [0.05, 0.1) is 12.7 Å². The lowest BCUT2D eigenvalue weighted by atomic mass is 10.1. The Morgan fingerprint density at radius 1 is 1.13 bits per heavy atom. The number of benzene rings is 2. The monoisotopic (exact) mass is 329 g/mol. The number of carbonyl (C=O) groups excluding carboxylic acids is 1. The largest absolute Gasteiger partial charge is 0.372 e. The standard InChI is InChI=1S/C19H20ClNO2/c20-17-10-8-16(9-11-17)19(22)21-12-4-7-18(13-21)23-14-15-5-2-1-3-6-15/h1-3,5-6,8-11,18H,4,7,12-14H2/t18-/m0/s1. The maximum atomic E-state index is 12.6. The molecule has 1 aliphatic heterocycles. The van der Waals surface area contributed by atoms with E-state index in [9.17, 15) is 4.79 Å². The molecular weight excluding hydrogens is 310 g/mol. The van der Waals surface area contributed by atoms with Crippen LogP contribution in [0, 0.1) is 0 Å². The van der Waals surface area contributed by atoms with Gasteiger partial charge in [0.1, 0.15) is 0 Å². The Labute approximate surface area is 141 Å². The molecule has 4 heteroatoms. The number of carbonyl (C=O) groups is 1. The van der Waals surface area contributed by atoms with Crippen LogP contribution >= 0.6 is 11.6 Å². The number of hydrogen-bond donors (Lipinski definition) is 0. The Kier molecular flexibility index (Phi) is 5.31. The summed E-state index contributed by atoms with van der Waals surface area (Å²) in [5.41, 5.74) is 1.84. The molecule has 0 radical (unpaired) electrons. The van der Waals surface area contributed by atoms with Gasteiger partial charge in [0, 0.05) is 23.7 Å². The number of amides is 1. The molecular formula is C19H20ClNO2. The molecule has 0 unspecified atom stereocenters. The predicted octanol–water partition coefficient (Wildman–Crippen LogP) is 4.16. The van der Waals surface area contributed by atoms with Crippen molar-refractivity contribution in [3.05, 3.63) is 70.7 Å². The van der Waals surface area contributed by atoms with Gasteiger partial charge in [-0.2, -0.15) is 0 Å². The molecule has 2 aromatic carbocycles. The van der Waals surface area contributed by atoms with Gasteiger partial charge in [0.25, 0.3) is 5.91 Å². The van der Waals surface area contributed by atoms with Gasteiger partial charge < -0.3 is 9.64 Å². The zero-order valence-electron chi connectivity index (χ0n) is 13.0. The summed E-state index contributed by atoms with van der Waals surface area (Å²) in [6.45, 7) is 2.02. The predicted molar refractivity (Wildman–Crippen MR) is 91.6 cm³/mol. The molecule has 0 aliphatic carbocycles. The van der Waals surface area contributed by atoms with Crippen LogP contribution in [0.15, 0.2) is 54.6 Å². The minimum absolute atomic E-state index is 0.0506. The molecule has 1 saturated heterocycles. The highest BCUT2D eigenvalue weighted by Gasteiger charge is 2.24. The van der Waals surface area contributed by atoms with Crippen LogP contribution in [0.25, 0.3) is 0 Å². The van der Waals surface area contributed by atoms with Crippen LogP contribution in [-0.2, 0) is 11.3 Å². The maximum Gasteiger partial charge on any atom is 0.253 e. The van der Waals surface area contributed by atoms with E-state index in [4.69, 9.17) is 16.3 Å². The fraction of sp³-hybridized carbons (Fsp3) is 0.316. The first-order valence-corrected chi connectivity index (χ1v) is 8.30. The lowest BCUT2D eigenvalue weighted by molar-refractivity contribution is -0.00672. The van der Waals surface area contributed by atoms with E-state index in [0.29, 0.717) is 23.7 Å². The summed E-state index contributed by atoms with van der Waals surface area (Å²) >= 11 is 5.88. The van der Waals surface area contributed by atoms with E-state index in [1.165, 1.54) is 0 Å². The average molecular weight is 330 g/mol. The fourth-order valence-corrected chi connectivity index (χ4v) is 2.95. The van der Waals surface area contributed by atoms with E-state index < -0.39 is 0 Å². The summed E-state index contributed by atoms with van der Waals surface area (Å²) in [4.78, 5) is 14.4. The normalized spacial score (nSPS) is 18.0. The van der Waals surface area contributed by atoms with Gasteiger partial charge in [-0.15, -0.1) is 0 Å². The highest BCUT2D eigenvalue weighted by atomic mass is 35.5. The van der Waals surface area contributed by atoms with Gasteiger partial charge in [0.2, 0.25) is 0 Å². The molecule has 3 rings (SSSR count). The van der Waals surface area contributed by atoms with Gasteiger partial charge in [-0.1, -0.05) is 41.9 Å². The molecule has 1 atom stereocenters. The Morgan fingerprint density at radius 3 is 2.61 bits per heavy atom. The second-order valence-corrected chi connectivity index (χ2v) is 6.26. The van der Waals surface area contributed by atoms with Gasteiger partial charge in [-0.25, -0.2) is 0 Å². The van der Waals surface area contributed by atoms with E-state index in [2.05, 4.69) is 12.1 Å². The molecule has 0 bridgehead atoms. The Morgan fingerprint density at radius 2 is 1.87 bits per heavy atom. The molecule has 0 aromatic heterocycles. The number of likely N-dealkylation sites (tertiary alicyclic amines) is 1. The number of piperidine rings is 1. The van der Waals surface area contributed by atoms with Crippen LogP contribution < -0.4 is 0 Å². The van der Waals surface area contributed by atoms with E-state index in [0.717, 1.165) is 24.9 Å². The first-order chi connectivity index (χ1) is 11.2. The first-order valence-electron chi connectivity index (χ1n) is 7.93. The van der Waals surface area contributed by atoms with Crippen LogP contribution in [0.1, 0.15) is 28.8 Å². The van der Waals surface area contributed by atoms with Crippen molar-refractivity contribution in [2.45, 2.75) is 25.6 Å². The molecule has 0 N–H and O–H groups in total. The maximum absolute atomic E-state index is 12.6. The Balaban J connectivity index is 1.57. The number of rotatable bonds is 4. The molecule has 1 aliphatic rings. The SMILES string of the molecule is O=C(c1ccc(Cl)cc1)N1CCC[C@H](OCc2ccccc2)C1. The fourth-order valence-electron chi connectivity index (χ4n) is 2.82. The number of halogens is 1. The third-order valence-corrected chi connectivity index (χ3v) is 4.34.